The van der Waals surface area contributed by atoms with Crippen molar-refractivity contribution in [2.75, 3.05) is 26.7 Å². The number of amides is 1. The van der Waals surface area contributed by atoms with Crippen LogP contribution in [0.5, 0.6) is 0 Å². The smallest absolute Gasteiger partial charge is 0.221 e. The number of para-hydroxylation sites is 1. The zero-order chi connectivity index (χ0) is 22.3. The number of nitrogens with zero attached hydrogens (tertiary/aromatic N) is 2. The van der Waals surface area contributed by atoms with Crippen molar-refractivity contribution in [2.24, 2.45) is 0 Å². The highest BCUT2D eigenvalue weighted by Gasteiger charge is 2.24. The Bertz CT molecular complexity index is 1030. The van der Waals surface area contributed by atoms with E-state index in [0.717, 1.165) is 24.0 Å². The maximum Gasteiger partial charge on any atom is 0.221 e. The molecule has 1 fully saturated rings. The van der Waals surface area contributed by atoms with E-state index in [-0.39, 0.29) is 5.91 Å². The Morgan fingerprint density at radius 2 is 1.91 bits per heavy atom. The van der Waals surface area contributed by atoms with Gasteiger partial charge in [0, 0.05) is 48.2 Å². The van der Waals surface area contributed by atoms with E-state index < -0.39 is 0 Å². The van der Waals surface area contributed by atoms with E-state index in [1.54, 1.807) is 7.05 Å². The minimum absolute atomic E-state index is 0.102. The Kier molecular flexibility index (Phi) is 8.04. The predicted molar refractivity (Wildman–Crippen MR) is 136 cm³/mol. The zero-order valence-electron chi connectivity index (χ0n) is 19.0. The van der Waals surface area contributed by atoms with Gasteiger partial charge in [-0.15, -0.1) is 0 Å². The van der Waals surface area contributed by atoms with Gasteiger partial charge in [0.05, 0.1) is 0 Å². The predicted octanol–water partition coefficient (Wildman–Crippen LogP) is 5.74. The van der Waals surface area contributed by atoms with Crippen molar-refractivity contribution < 1.29 is 4.79 Å². The summed E-state index contributed by atoms with van der Waals surface area (Å²) in [6.45, 7) is 4.24. The van der Waals surface area contributed by atoms with Crippen LogP contribution in [0.2, 0.25) is 0 Å². The highest BCUT2D eigenvalue weighted by Crippen LogP contribution is 2.32. The summed E-state index contributed by atoms with van der Waals surface area (Å²) in [4.78, 5) is 14.6. The number of aryl methyl sites for hydroxylation is 2. The summed E-state index contributed by atoms with van der Waals surface area (Å²) in [6.07, 6.45) is 6.62. The van der Waals surface area contributed by atoms with Crippen LogP contribution in [0.1, 0.15) is 49.3 Å². The molecule has 3 aromatic rings. The molecule has 32 heavy (non-hydrogen) atoms. The van der Waals surface area contributed by atoms with Crippen molar-refractivity contribution in [2.45, 2.75) is 51.0 Å². The number of benzene rings is 2. The van der Waals surface area contributed by atoms with E-state index in [1.165, 1.54) is 60.9 Å². The standard InChI is InChI=1S/C27H34BrN3O/c1-29-27(32)15-18-31-25-10-3-2-8-22(25)19-26(31)23-9-6-17-30(20-23)16-5-4-7-21-11-13-24(28)14-12-21/h2-3,8,10-14,19,23H,4-7,9,15-18,20H2,1H3,(H,29,32). The van der Waals surface area contributed by atoms with Crippen molar-refractivity contribution in [3.63, 3.8) is 0 Å². The summed E-state index contributed by atoms with van der Waals surface area (Å²) >= 11 is 3.51. The number of hydrogen-bond acceptors (Lipinski definition) is 2. The average molecular weight is 496 g/mol. The third-order valence-corrected chi connectivity index (χ3v) is 7.24. The first kappa shape index (κ1) is 23.1. The molecule has 4 rings (SSSR count). The van der Waals surface area contributed by atoms with Gasteiger partial charge in [0.25, 0.3) is 0 Å². The molecule has 1 saturated heterocycles. The van der Waals surface area contributed by atoms with Crippen LogP contribution in [0.15, 0.2) is 59.1 Å². The van der Waals surface area contributed by atoms with E-state index in [4.69, 9.17) is 0 Å². The maximum absolute atomic E-state index is 11.9. The molecule has 1 aliphatic heterocycles. The molecule has 4 nitrogen and oxygen atoms in total. The molecule has 2 heterocycles. The van der Waals surface area contributed by atoms with E-state index in [0.29, 0.717) is 12.3 Å². The molecular weight excluding hydrogens is 462 g/mol. The van der Waals surface area contributed by atoms with Crippen molar-refractivity contribution in [3.8, 4) is 0 Å². The lowest BCUT2D eigenvalue weighted by molar-refractivity contribution is -0.120. The van der Waals surface area contributed by atoms with E-state index in [9.17, 15) is 4.79 Å². The molecule has 1 aromatic heterocycles. The van der Waals surface area contributed by atoms with Gasteiger partial charge in [-0.05, 0) is 80.4 Å². The SMILES string of the molecule is CNC(=O)CCn1c(C2CCCN(CCCCc3ccc(Br)cc3)C2)cc2ccccc21. The molecule has 1 amide bonds. The molecule has 1 aliphatic rings. The van der Waals surface area contributed by atoms with Crippen LogP contribution in [0, 0.1) is 0 Å². The van der Waals surface area contributed by atoms with Gasteiger partial charge in [-0.2, -0.15) is 0 Å². The molecule has 1 atom stereocenters. The van der Waals surface area contributed by atoms with Crippen LogP contribution in [0.25, 0.3) is 10.9 Å². The van der Waals surface area contributed by atoms with Crippen LogP contribution in [0.4, 0.5) is 0 Å². The Morgan fingerprint density at radius 3 is 2.72 bits per heavy atom. The minimum atomic E-state index is 0.102. The van der Waals surface area contributed by atoms with E-state index >= 15 is 0 Å². The van der Waals surface area contributed by atoms with Gasteiger partial charge in [0.15, 0.2) is 0 Å². The zero-order valence-corrected chi connectivity index (χ0v) is 20.6. The third kappa shape index (κ3) is 5.81. The van der Waals surface area contributed by atoms with Crippen molar-refractivity contribution in [3.05, 3.63) is 70.3 Å². The molecular formula is C27H34BrN3O. The molecule has 1 N–H and O–H groups in total. The Morgan fingerprint density at radius 1 is 1.09 bits per heavy atom. The molecule has 0 radical (unpaired) electrons. The molecule has 0 aliphatic carbocycles. The topological polar surface area (TPSA) is 37.3 Å². The van der Waals surface area contributed by atoms with Gasteiger partial charge in [0.1, 0.15) is 0 Å². The summed E-state index contributed by atoms with van der Waals surface area (Å²) in [5, 5.41) is 4.05. The highest BCUT2D eigenvalue weighted by atomic mass is 79.9. The second-order valence-corrected chi connectivity index (χ2v) is 9.84. The Balaban J connectivity index is 1.38. The minimum Gasteiger partial charge on any atom is -0.359 e. The third-order valence-electron chi connectivity index (χ3n) is 6.71. The largest absolute Gasteiger partial charge is 0.359 e. The van der Waals surface area contributed by atoms with Crippen molar-refractivity contribution in [1.29, 1.82) is 0 Å². The van der Waals surface area contributed by atoms with E-state index in [2.05, 4.69) is 85.3 Å². The summed E-state index contributed by atoms with van der Waals surface area (Å²) in [7, 11) is 1.72. The number of aromatic nitrogens is 1. The van der Waals surface area contributed by atoms with Crippen LogP contribution in [0.3, 0.4) is 0 Å². The second-order valence-electron chi connectivity index (χ2n) is 8.93. The first-order chi connectivity index (χ1) is 15.6. The summed E-state index contributed by atoms with van der Waals surface area (Å²) in [5.41, 5.74) is 4.07. The van der Waals surface area contributed by atoms with Crippen molar-refractivity contribution >= 4 is 32.7 Å². The van der Waals surface area contributed by atoms with Gasteiger partial charge in [-0.1, -0.05) is 46.3 Å². The Hall–Kier alpha value is -2.11. The summed E-state index contributed by atoms with van der Waals surface area (Å²) in [6, 6.07) is 19.7. The number of carbonyl (C=O) groups is 1. The fourth-order valence-corrected chi connectivity index (χ4v) is 5.24. The number of likely N-dealkylation sites (tertiary alicyclic amines) is 1. The first-order valence-electron chi connectivity index (χ1n) is 11.9. The molecule has 5 heteroatoms. The number of unbranched alkanes of at least 4 members (excludes halogenated alkanes) is 1. The van der Waals surface area contributed by atoms with Crippen molar-refractivity contribution in [1.82, 2.24) is 14.8 Å². The summed E-state index contributed by atoms with van der Waals surface area (Å²) < 4.78 is 3.54. The molecule has 0 bridgehead atoms. The van der Waals surface area contributed by atoms with Gasteiger partial charge in [0.2, 0.25) is 5.91 Å². The molecule has 0 spiro atoms. The lowest BCUT2D eigenvalue weighted by atomic mass is 9.94. The molecule has 170 valence electrons. The van der Waals surface area contributed by atoms with Crippen LogP contribution in [-0.4, -0.2) is 42.1 Å². The number of nitrogens with one attached hydrogen (secondary N) is 1. The number of fused-ring (bicyclic) bond motifs is 1. The normalized spacial score (nSPS) is 17.0. The quantitative estimate of drug-likeness (QED) is 0.384. The van der Waals surface area contributed by atoms with Crippen LogP contribution < -0.4 is 5.32 Å². The lowest BCUT2D eigenvalue weighted by Gasteiger charge is -2.33. The highest BCUT2D eigenvalue weighted by molar-refractivity contribution is 9.10. The van der Waals surface area contributed by atoms with Gasteiger partial charge < -0.3 is 14.8 Å². The first-order valence-corrected chi connectivity index (χ1v) is 12.7. The maximum atomic E-state index is 11.9. The number of rotatable bonds is 9. The van der Waals surface area contributed by atoms with Gasteiger partial charge >= 0.3 is 0 Å². The van der Waals surface area contributed by atoms with Crippen LogP contribution >= 0.6 is 15.9 Å². The number of piperidine rings is 1. The number of hydrogen-bond donors (Lipinski definition) is 1. The molecule has 0 saturated carbocycles. The Labute approximate surface area is 200 Å². The summed E-state index contributed by atoms with van der Waals surface area (Å²) in [5.74, 6) is 0.636. The number of carbonyl (C=O) groups excluding carboxylic acids is 1. The van der Waals surface area contributed by atoms with Gasteiger partial charge in [-0.25, -0.2) is 0 Å². The van der Waals surface area contributed by atoms with E-state index in [1.807, 2.05) is 0 Å². The fourth-order valence-electron chi connectivity index (χ4n) is 4.97. The lowest BCUT2D eigenvalue weighted by Crippen LogP contribution is -2.35. The van der Waals surface area contributed by atoms with Gasteiger partial charge in [-0.3, -0.25) is 4.79 Å². The fraction of sp³-hybridized carbons (Fsp3) is 0.444. The monoisotopic (exact) mass is 495 g/mol. The molecule has 2 aromatic carbocycles. The number of halogens is 1. The second kappa shape index (κ2) is 11.2. The average Bonchev–Trinajstić information content (AvgIpc) is 3.20. The molecule has 1 unspecified atom stereocenters. The van der Waals surface area contributed by atoms with Crippen LogP contribution in [-0.2, 0) is 17.8 Å².